The van der Waals surface area contributed by atoms with Crippen LogP contribution < -0.4 is 4.90 Å². The standard InChI is InChI=1S/C20H22N2O/c1-22(13-6-14-23-2)20-12-11-17(15-21-20)19-10-5-8-16-7-3-4-9-18(16)19/h3-5,7-12,15H,6,13-14H2,1-2H3. The van der Waals surface area contributed by atoms with Crippen molar-refractivity contribution in [3.8, 4) is 11.1 Å². The van der Waals surface area contributed by atoms with Crippen LogP contribution in [0.5, 0.6) is 0 Å². The molecule has 23 heavy (non-hydrogen) atoms. The number of aromatic nitrogens is 1. The quantitative estimate of drug-likeness (QED) is 0.632. The van der Waals surface area contributed by atoms with Crippen molar-refractivity contribution in [3.63, 3.8) is 0 Å². The number of methoxy groups -OCH3 is 1. The maximum absolute atomic E-state index is 5.10. The van der Waals surface area contributed by atoms with Gasteiger partial charge in [0.25, 0.3) is 0 Å². The monoisotopic (exact) mass is 306 g/mol. The van der Waals surface area contributed by atoms with Gasteiger partial charge in [0.15, 0.2) is 0 Å². The van der Waals surface area contributed by atoms with Crippen LogP contribution in [0.25, 0.3) is 21.9 Å². The lowest BCUT2D eigenvalue weighted by Gasteiger charge is -2.18. The first kappa shape index (κ1) is 15.5. The normalized spacial score (nSPS) is 10.9. The molecule has 1 aromatic heterocycles. The first-order valence-electron chi connectivity index (χ1n) is 7.94. The van der Waals surface area contributed by atoms with Crippen LogP contribution in [-0.2, 0) is 4.74 Å². The molecule has 0 aliphatic heterocycles. The second kappa shape index (κ2) is 7.25. The van der Waals surface area contributed by atoms with Gasteiger partial charge < -0.3 is 9.64 Å². The molecule has 0 bridgehead atoms. The van der Waals surface area contributed by atoms with Gasteiger partial charge in [0.05, 0.1) is 0 Å². The van der Waals surface area contributed by atoms with Gasteiger partial charge in [0.1, 0.15) is 5.82 Å². The Morgan fingerprint density at radius 1 is 1.00 bits per heavy atom. The lowest BCUT2D eigenvalue weighted by molar-refractivity contribution is 0.196. The predicted molar refractivity (Wildman–Crippen MR) is 96.9 cm³/mol. The summed E-state index contributed by atoms with van der Waals surface area (Å²) in [5.74, 6) is 0.991. The van der Waals surface area contributed by atoms with E-state index >= 15 is 0 Å². The smallest absolute Gasteiger partial charge is 0.128 e. The molecular formula is C20H22N2O. The van der Waals surface area contributed by atoms with E-state index in [0.717, 1.165) is 31.0 Å². The van der Waals surface area contributed by atoms with E-state index in [4.69, 9.17) is 4.74 Å². The Hall–Kier alpha value is -2.39. The zero-order valence-corrected chi connectivity index (χ0v) is 13.7. The fourth-order valence-electron chi connectivity index (χ4n) is 2.81. The fraction of sp³-hybridized carbons (Fsp3) is 0.250. The third kappa shape index (κ3) is 3.51. The minimum atomic E-state index is 0.776. The molecule has 3 rings (SSSR count). The van der Waals surface area contributed by atoms with Crippen LogP contribution in [-0.4, -0.2) is 32.3 Å². The number of benzene rings is 2. The van der Waals surface area contributed by atoms with Crippen molar-refractivity contribution in [2.24, 2.45) is 0 Å². The number of fused-ring (bicyclic) bond motifs is 1. The molecule has 0 spiro atoms. The first-order valence-corrected chi connectivity index (χ1v) is 7.94. The Kier molecular flexibility index (Phi) is 4.89. The molecule has 0 amide bonds. The molecular weight excluding hydrogens is 284 g/mol. The minimum Gasteiger partial charge on any atom is -0.385 e. The molecule has 0 aliphatic carbocycles. The Morgan fingerprint density at radius 3 is 2.61 bits per heavy atom. The van der Waals surface area contributed by atoms with Crippen molar-refractivity contribution in [2.45, 2.75) is 6.42 Å². The number of ether oxygens (including phenoxy) is 1. The number of hydrogen-bond donors (Lipinski definition) is 0. The van der Waals surface area contributed by atoms with Crippen molar-refractivity contribution < 1.29 is 4.74 Å². The SMILES string of the molecule is COCCCN(C)c1ccc(-c2cccc3ccccc23)cn1. The van der Waals surface area contributed by atoms with Gasteiger partial charge >= 0.3 is 0 Å². The van der Waals surface area contributed by atoms with Gasteiger partial charge in [-0.25, -0.2) is 4.98 Å². The van der Waals surface area contributed by atoms with E-state index in [0.29, 0.717) is 0 Å². The largest absolute Gasteiger partial charge is 0.385 e. The summed E-state index contributed by atoms with van der Waals surface area (Å²) in [6.07, 6.45) is 2.96. The fourth-order valence-corrected chi connectivity index (χ4v) is 2.81. The summed E-state index contributed by atoms with van der Waals surface area (Å²) in [6, 6.07) is 19.1. The summed E-state index contributed by atoms with van der Waals surface area (Å²) in [6.45, 7) is 1.72. The molecule has 1 heterocycles. The number of nitrogens with zero attached hydrogens (tertiary/aromatic N) is 2. The lowest BCUT2D eigenvalue weighted by Crippen LogP contribution is -2.20. The second-order valence-electron chi connectivity index (χ2n) is 5.70. The topological polar surface area (TPSA) is 25.4 Å². The van der Waals surface area contributed by atoms with E-state index < -0.39 is 0 Å². The molecule has 0 aliphatic rings. The number of pyridine rings is 1. The van der Waals surface area contributed by atoms with Crippen LogP contribution in [0, 0.1) is 0 Å². The van der Waals surface area contributed by atoms with Crippen molar-refractivity contribution in [3.05, 3.63) is 60.8 Å². The van der Waals surface area contributed by atoms with E-state index in [2.05, 4.69) is 71.5 Å². The van der Waals surface area contributed by atoms with Gasteiger partial charge in [-0.2, -0.15) is 0 Å². The zero-order valence-electron chi connectivity index (χ0n) is 13.7. The highest BCUT2D eigenvalue weighted by Crippen LogP contribution is 2.28. The number of hydrogen-bond acceptors (Lipinski definition) is 3. The van der Waals surface area contributed by atoms with Crippen molar-refractivity contribution in [1.82, 2.24) is 4.98 Å². The van der Waals surface area contributed by atoms with Crippen LogP contribution in [0.15, 0.2) is 60.8 Å². The van der Waals surface area contributed by atoms with Crippen molar-refractivity contribution in [1.29, 1.82) is 0 Å². The van der Waals surface area contributed by atoms with Gasteiger partial charge in [-0.1, -0.05) is 42.5 Å². The highest BCUT2D eigenvalue weighted by atomic mass is 16.5. The highest BCUT2D eigenvalue weighted by molar-refractivity contribution is 5.96. The van der Waals surface area contributed by atoms with E-state index in [1.165, 1.54) is 16.3 Å². The number of anilines is 1. The zero-order chi connectivity index (χ0) is 16.1. The van der Waals surface area contributed by atoms with Gasteiger partial charge in [-0.05, 0) is 34.9 Å². The van der Waals surface area contributed by atoms with Crippen LogP contribution in [0.1, 0.15) is 6.42 Å². The third-order valence-corrected chi connectivity index (χ3v) is 4.08. The molecule has 3 heteroatoms. The average molecular weight is 306 g/mol. The summed E-state index contributed by atoms with van der Waals surface area (Å²) >= 11 is 0. The van der Waals surface area contributed by atoms with Gasteiger partial charge in [0, 0.05) is 39.1 Å². The highest BCUT2D eigenvalue weighted by Gasteiger charge is 2.06. The molecule has 0 N–H and O–H groups in total. The molecule has 0 unspecified atom stereocenters. The Bertz CT molecular complexity index is 763. The van der Waals surface area contributed by atoms with Crippen molar-refractivity contribution >= 4 is 16.6 Å². The molecule has 3 aromatic rings. The summed E-state index contributed by atoms with van der Waals surface area (Å²) in [7, 11) is 3.80. The predicted octanol–water partition coefficient (Wildman–Crippen LogP) is 4.37. The van der Waals surface area contributed by atoms with Gasteiger partial charge in [-0.3, -0.25) is 0 Å². The van der Waals surface area contributed by atoms with Crippen molar-refractivity contribution in [2.75, 3.05) is 32.2 Å². The van der Waals surface area contributed by atoms with E-state index in [1.54, 1.807) is 7.11 Å². The Labute approximate surface area is 137 Å². The molecule has 0 atom stereocenters. The first-order chi connectivity index (χ1) is 11.3. The van der Waals surface area contributed by atoms with Gasteiger partial charge in [-0.15, -0.1) is 0 Å². The summed E-state index contributed by atoms with van der Waals surface area (Å²) in [5, 5.41) is 2.52. The molecule has 3 nitrogen and oxygen atoms in total. The van der Waals surface area contributed by atoms with Crippen LogP contribution in [0.4, 0.5) is 5.82 Å². The Balaban J connectivity index is 1.84. The van der Waals surface area contributed by atoms with Crippen LogP contribution in [0.2, 0.25) is 0 Å². The molecule has 2 aromatic carbocycles. The molecule has 0 saturated carbocycles. The maximum Gasteiger partial charge on any atom is 0.128 e. The third-order valence-electron chi connectivity index (χ3n) is 4.08. The minimum absolute atomic E-state index is 0.776. The van der Waals surface area contributed by atoms with E-state index in [1.807, 2.05) is 6.20 Å². The molecule has 118 valence electrons. The van der Waals surface area contributed by atoms with Crippen LogP contribution >= 0.6 is 0 Å². The van der Waals surface area contributed by atoms with E-state index in [9.17, 15) is 0 Å². The summed E-state index contributed by atoms with van der Waals surface area (Å²) < 4.78 is 5.10. The molecule has 0 saturated heterocycles. The molecule has 0 fully saturated rings. The number of rotatable bonds is 6. The van der Waals surface area contributed by atoms with E-state index in [-0.39, 0.29) is 0 Å². The molecule has 0 radical (unpaired) electrons. The lowest BCUT2D eigenvalue weighted by atomic mass is 9.99. The second-order valence-corrected chi connectivity index (χ2v) is 5.70. The summed E-state index contributed by atoms with van der Waals surface area (Å²) in [5.41, 5.74) is 2.38. The summed E-state index contributed by atoms with van der Waals surface area (Å²) in [4.78, 5) is 6.78. The Morgan fingerprint density at radius 2 is 1.83 bits per heavy atom. The van der Waals surface area contributed by atoms with Gasteiger partial charge in [0.2, 0.25) is 0 Å². The maximum atomic E-state index is 5.10. The van der Waals surface area contributed by atoms with Crippen LogP contribution in [0.3, 0.4) is 0 Å². The average Bonchev–Trinajstić information content (AvgIpc) is 2.61.